The number of nitrogens with zero attached hydrogens (tertiary/aromatic N) is 2. The molecule has 5 nitrogen and oxygen atoms in total. The highest BCUT2D eigenvalue weighted by Gasteiger charge is 1.92. The molecule has 74 valence electrons. The predicted octanol–water partition coefficient (Wildman–Crippen LogP) is -1.97. The Kier molecular flexibility index (Phi) is 5.54. The molecule has 0 fully saturated rings. The standard InChI is InChI=1S/C6H11N2.C2H5NO2/c1-3-8-5-4-7(2)6-8;3-1-2(4)5/h4-6H,3H2,1-2H3;1,3H2,(H,4,5)/q+1;/p-1. The van der Waals surface area contributed by atoms with E-state index < -0.39 is 5.97 Å². The van der Waals surface area contributed by atoms with Gasteiger partial charge in [-0.1, -0.05) is 0 Å². The van der Waals surface area contributed by atoms with Crippen LogP contribution in [0.3, 0.4) is 0 Å². The van der Waals surface area contributed by atoms with Crippen molar-refractivity contribution in [1.29, 1.82) is 0 Å². The average molecular weight is 185 g/mol. The van der Waals surface area contributed by atoms with Crippen LogP contribution in [0.1, 0.15) is 6.92 Å². The van der Waals surface area contributed by atoms with Crippen molar-refractivity contribution in [2.75, 3.05) is 6.54 Å². The van der Waals surface area contributed by atoms with Crippen LogP contribution in [0.2, 0.25) is 0 Å². The molecule has 1 rings (SSSR count). The molecule has 0 aliphatic carbocycles. The van der Waals surface area contributed by atoms with Crippen LogP contribution in [0.4, 0.5) is 0 Å². The number of carbonyl (C=O) groups is 1. The normalized spacial score (nSPS) is 8.85. The second kappa shape index (κ2) is 6.19. The van der Waals surface area contributed by atoms with Gasteiger partial charge in [-0.25, -0.2) is 9.13 Å². The maximum Gasteiger partial charge on any atom is 0.243 e. The highest BCUT2D eigenvalue weighted by molar-refractivity contribution is 5.66. The van der Waals surface area contributed by atoms with Crippen molar-refractivity contribution in [3.05, 3.63) is 18.7 Å². The molecule has 0 spiro atoms. The zero-order valence-corrected chi connectivity index (χ0v) is 7.93. The van der Waals surface area contributed by atoms with Gasteiger partial charge in [0.2, 0.25) is 6.33 Å². The molecule has 1 aromatic heterocycles. The van der Waals surface area contributed by atoms with Crippen molar-refractivity contribution in [1.82, 2.24) is 4.57 Å². The second-order valence-electron chi connectivity index (χ2n) is 2.49. The molecule has 0 amide bonds. The van der Waals surface area contributed by atoms with Gasteiger partial charge in [-0.3, -0.25) is 0 Å². The number of carbonyl (C=O) groups excluding carboxylic acids is 1. The minimum atomic E-state index is -1.22. The quantitative estimate of drug-likeness (QED) is 0.543. The third-order valence-corrected chi connectivity index (χ3v) is 1.36. The summed E-state index contributed by atoms with van der Waals surface area (Å²) in [7, 11) is 2.02. The Balaban J connectivity index is 0.000000252. The summed E-state index contributed by atoms with van der Waals surface area (Å²) in [5.74, 6) is -1.22. The molecule has 0 bridgehead atoms. The smallest absolute Gasteiger partial charge is 0.243 e. The molecule has 0 saturated heterocycles. The first-order chi connectivity index (χ1) is 6.10. The summed E-state index contributed by atoms with van der Waals surface area (Å²) in [6.45, 7) is 2.79. The fourth-order valence-electron chi connectivity index (χ4n) is 0.689. The Morgan fingerprint density at radius 2 is 2.23 bits per heavy atom. The monoisotopic (exact) mass is 185 g/mol. The first kappa shape index (κ1) is 11.6. The summed E-state index contributed by atoms with van der Waals surface area (Å²) in [6.07, 6.45) is 6.14. The SMILES string of the molecule is CCn1cc[n+](C)c1.NCC(=O)[O-]. The van der Waals surface area contributed by atoms with Gasteiger partial charge in [0.05, 0.1) is 19.6 Å². The highest BCUT2D eigenvalue weighted by atomic mass is 16.4. The van der Waals surface area contributed by atoms with Crippen molar-refractivity contribution in [3.63, 3.8) is 0 Å². The van der Waals surface area contributed by atoms with E-state index in [1.807, 2.05) is 17.8 Å². The van der Waals surface area contributed by atoms with Crippen molar-refractivity contribution >= 4 is 5.97 Å². The Morgan fingerprint density at radius 1 is 1.69 bits per heavy atom. The molecule has 0 unspecified atom stereocenters. The Bertz CT molecular complexity index is 258. The van der Waals surface area contributed by atoms with E-state index in [0.29, 0.717) is 0 Å². The summed E-state index contributed by atoms with van der Waals surface area (Å²) < 4.78 is 4.16. The number of rotatable bonds is 2. The summed E-state index contributed by atoms with van der Waals surface area (Å²) in [5, 5.41) is 9.13. The highest BCUT2D eigenvalue weighted by Crippen LogP contribution is 1.79. The van der Waals surface area contributed by atoms with Gasteiger partial charge in [0.15, 0.2) is 0 Å². The van der Waals surface area contributed by atoms with Crippen LogP contribution in [0.5, 0.6) is 0 Å². The van der Waals surface area contributed by atoms with Crippen LogP contribution in [0.25, 0.3) is 0 Å². The Hall–Kier alpha value is -1.36. The first-order valence-electron chi connectivity index (χ1n) is 4.01. The zero-order chi connectivity index (χ0) is 10.3. The molecule has 0 aliphatic rings. The van der Waals surface area contributed by atoms with E-state index in [1.54, 1.807) is 0 Å². The predicted molar refractivity (Wildman–Crippen MR) is 45.3 cm³/mol. The van der Waals surface area contributed by atoms with Crippen LogP contribution >= 0.6 is 0 Å². The lowest BCUT2D eigenvalue weighted by Gasteiger charge is -1.87. The number of aryl methyl sites for hydroxylation is 2. The van der Waals surface area contributed by atoms with E-state index in [-0.39, 0.29) is 6.54 Å². The molecule has 0 saturated carbocycles. The number of hydrogen-bond donors (Lipinski definition) is 1. The maximum absolute atomic E-state index is 9.13. The zero-order valence-electron chi connectivity index (χ0n) is 7.93. The van der Waals surface area contributed by atoms with Crippen molar-refractivity contribution < 1.29 is 14.5 Å². The Labute approximate surface area is 77.4 Å². The minimum Gasteiger partial charge on any atom is -0.549 e. The molecule has 2 N–H and O–H groups in total. The van der Waals surface area contributed by atoms with E-state index in [4.69, 9.17) is 9.90 Å². The van der Waals surface area contributed by atoms with Crippen LogP contribution in [0, 0.1) is 0 Å². The first-order valence-corrected chi connectivity index (χ1v) is 4.01. The van der Waals surface area contributed by atoms with Crippen LogP contribution in [0.15, 0.2) is 18.7 Å². The van der Waals surface area contributed by atoms with Gasteiger partial charge >= 0.3 is 0 Å². The second-order valence-corrected chi connectivity index (χ2v) is 2.49. The number of aromatic nitrogens is 2. The summed E-state index contributed by atoms with van der Waals surface area (Å²) >= 11 is 0. The lowest BCUT2D eigenvalue weighted by molar-refractivity contribution is -0.671. The van der Waals surface area contributed by atoms with Gasteiger partial charge in [-0.05, 0) is 6.92 Å². The maximum atomic E-state index is 9.13. The van der Waals surface area contributed by atoms with Gasteiger partial charge < -0.3 is 15.6 Å². The Morgan fingerprint density at radius 3 is 2.38 bits per heavy atom. The lowest BCUT2D eigenvalue weighted by atomic mass is 10.7. The largest absolute Gasteiger partial charge is 0.549 e. The van der Waals surface area contributed by atoms with Gasteiger partial charge in [0.1, 0.15) is 12.4 Å². The number of carboxylic acids is 1. The minimum absolute atomic E-state index is 0.389. The third kappa shape index (κ3) is 5.86. The average Bonchev–Trinajstić information content (AvgIpc) is 2.52. The molecule has 0 aromatic carbocycles. The van der Waals surface area contributed by atoms with Gasteiger partial charge in [0, 0.05) is 6.54 Å². The van der Waals surface area contributed by atoms with E-state index in [1.165, 1.54) is 0 Å². The lowest BCUT2D eigenvalue weighted by Crippen LogP contribution is -2.30. The van der Waals surface area contributed by atoms with Crippen LogP contribution in [-0.4, -0.2) is 17.1 Å². The molecule has 0 radical (unpaired) electrons. The topological polar surface area (TPSA) is 75.0 Å². The third-order valence-electron chi connectivity index (χ3n) is 1.36. The van der Waals surface area contributed by atoms with E-state index in [2.05, 4.69) is 29.7 Å². The molecular weight excluding hydrogens is 170 g/mol. The fraction of sp³-hybridized carbons (Fsp3) is 0.500. The molecule has 5 heteroatoms. The summed E-state index contributed by atoms with van der Waals surface area (Å²) in [4.78, 5) is 9.13. The molecule has 0 atom stereocenters. The van der Waals surface area contributed by atoms with Gasteiger partial charge in [-0.2, -0.15) is 0 Å². The number of imidazole rings is 1. The van der Waals surface area contributed by atoms with Crippen LogP contribution in [-0.2, 0) is 18.4 Å². The summed E-state index contributed by atoms with van der Waals surface area (Å²) in [5.41, 5.74) is 4.51. The number of nitrogens with two attached hydrogens (primary N) is 1. The van der Waals surface area contributed by atoms with E-state index >= 15 is 0 Å². The molecular formula is C8H15N3O2. The van der Waals surface area contributed by atoms with Crippen LogP contribution < -0.4 is 15.4 Å². The van der Waals surface area contributed by atoms with Crippen molar-refractivity contribution in [2.45, 2.75) is 13.5 Å². The molecule has 13 heavy (non-hydrogen) atoms. The molecule has 1 heterocycles. The van der Waals surface area contributed by atoms with E-state index in [0.717, 1.165) is 6.54 Å². The van der Waals surface area contributed by atoms with Gasteiger partial charge in [0.25, 0.3) is 0 Å². The summed E-state index contributed by atoms with van der Waals surface area (Å²) in [6, 6.07) is 0. The number of carboxylic acid groups (broad SMARTS) is 1. The molecule has 0 aliphatic heterocycles. The van der Waals surface area contributed by atoms with E-state index in [9.17, 15) is 0 Å². The number of hydrogen-bond acceptors (Lipinski definition) is 3. The van der Waals surface area contributed by atoms with Crippen molar-refractivity contribution in [3.8, 4) is 0 Å². The number of aliphatic carboxylic acids is 1. The van der Waals surface area contributed by atoms with Crippen molar-refractivity contribution in [2.24, 2.45) is 12.8 Å². The van der Waals surface area contributed by atoms with Gasteiger partial charge in [-0.15, -0.1) is 0 Å². The molecule has 1 aromatic rings. The fourth-order valence-corrected chi connectivity index (χ4v) is 0.689.